The molecule has 0 spiro atoms. The van der Waals surface area contributed by atoms with E-state index in [1.165, 1.54) is 0 Å². The van der Waals surface area contributed by atoms with Gasteiger partial charge in [0.1, 0.15) is 7.85 Å². The molecule has 0 aromatic heterocycles. The van der Waals surface area contributed by atoms with Gasteiger partial charge in [0.25, 0.3) is 0 Å². The zero-order valence-electron chi connectivity index (χ0n) is 6.54. The molecule has 2 radical (unpaired) electrons. The maximum atomic E-state index is 5.77. The van der Waals surface area contributed by atoms with Crippen LogP contribution in [0.1, 0.15) is 11.1 Å². The van der Waals surface area contributed by atoms with Crippen LogP contribution < -0.4 is 10.9 Å². The van der Waals surface area contributed by atoms with Gasteiger partial charge in [-0.05, 0) is 0 Å². The van der Waals surface area contributed by atoms with Crippen LogP contribution in [0, 0.1) is 0 Å². The van der Waals surface area contributed by atoms with E-state index in [-0.39, 0.29) is 0 Å². The van der Waals surface area contributed by atoms with Crippen molar-refractivity contribution in [1.29, 1.82) is 0 Å². The number of nitrogens with one attached hydrogen (secondary N) is 1. The minimum Gasteiger partial charge on any atom is -0.278 e. The lowest BCUT2D eigenvalue weighted by molar-refractivity contribution is 0.991. The Morgan fingerprint density at radius 2 is 2.25 bits per heavy atom. The first-order chi connectivity index (χ1) is 5.79. The fourth-order valence-corrected chi connectivity index (χ4v) is 1.28. The summed E-state index contributed by atoms with van der Waals surface area (Å²) in [6.45, 7) is 3.81. The second-order valence-electron chi connectivity index (χ2n) is 2.66. The Kier molecular flexibility index (Phi) is 1.50. The molecule has 0 saturated heterocycles. The van der Waals surface area contributed by atoms with E-state index in [0.29, 0.717) is 0 Å². The highest BCUT2D eigenvalue weighted by molar-refractivity contribution is 6.35. The predicted molar refractivity (Wildman–Crippen MR) is 51.6 cm³/mol. The van der Waals surface area contributed by atoms with Gasteiger partial charge in [0.15, 0.2) is 0 Å². The Morgan fingerprint density at radius 3 is 3.00 bits per heavy atom. The molecule has 0 aliphatic carbocycles. The summed E-state index contributed by atoms with van der Waals surface area (Å²) in [6, 6.07) is 5.71. The van der Waals surface area contributed by atoms with Gasteiger partial charge in [-0.1, -0.05) is 30.2 Å². The average molecular weight is 154 g/mol. The summed E-state index contributed by atoms with van der Waals surface area (Å²) in [7, 11) is 5.77. The molecule has 2 nitrogen and oxygen atoms in total. The summed E-state index contributed by atoms with van der Waals surface area (Å²) < 4.78 is 0. The summed E-state index contributed by atoms with van der Waals surface area (Å²) >= 11 is 0. The molecule has 1 N–H and O–H groups in total. The van der Waals surface area contributed by atoms with Gasteiger partial charge in [-0.15, -0.1) is 0 Å². The fraction of sp³-hybridized carbons (Fsp3) is 0. The molecular weight excluding hydrogens is 147 g/mol. The van der Waals surface area contributed by atoms with E-state index in [0.717, 1.165) is 22.3 Å². The molecule has 0 saturated carbocycles. The lowest BCUT2D eigenvalue weighted by Gasteiger charge is -2.15. The van der Waals surface area contributed by atoms with Crippen LogP contribution in [0.25, 0.3) is 5.70 Å². The second-order valence-corrected chi connectivity index (χ2v) is 2.66. The summed E-state index contributed by atoms with van der Waals surface area (Å²) in [6.07, 6.45) is 1.74. The molecule has 1 aromatic rings. The quantitative estimate of drug-likeness (QED) is 0.537. The van der Waals surface area contributed by atoms with Crippen LogP contribution in [0.5, 0.6) is 0 Å². The van der Waals surface area contributed by atoms with Crippen molar-refractivity contribution >= 4 is 25.2 Å². The van der Waals surface area contributed by atoms with Crippen molar-refractivity contribution in [2.75, 3.05) is 0 Å². The second kappa shape index (κ2) is 2.52. The lowest BCUT2D eigenvalue weighted by atomic mass is 9.86. The first-order valence-electron chi connectivity index (χ1n) is 3.66. The van der Waals surface area contributed by atoms with Crippen LogP contribution in [0.3, 0.4) is 0 Å². The van der Waals surface area contributed by atoms with Gasteiger partial charge >= 0.3 is 0 Å². The van der Waals surface area contributed by atoms with Gasteiger partial charge in [0.2, 0.25) is 0 Å². The largest absolute Gasteiger partial charge is 0.278 e. The number of benzene rings is 1. The molecule has 0 amide bonds. The highest BCUT2D eigenvalue weighted by atomic mass is 15.3. The van der Waals surface area contributed by atoms with Crippen LogP contribution in [0.2, 0.25) is 0 Å². The summed E-state index contributed by atoms with van der Waals surface area (Å²) in [5.74, 6) is 0. The molecule has 0 fully saturated rings. The lowest BCUT2D eigenvalue weighted by Crippen LogP contribution is -2.20. The molecule has 12 heavy (non-hydrogen) atoms. The van der Waals surface area contributed by atoms with Gasteiger partial charge in [0, 0.05) is 11.1 Å². The SMILES string of the molecule is [B]c1cccc2c1C(=C)NN=C2. The van der Waals surface area contributed by atoms with Crippen LogP contribution in [0.4, 0.5) is 0 Å². The van der Waals surface area contributed by atoms with Crippen molar-refractivity contribution in [2.45, 2.75) is 0 Å². The normalized spacial score (nSPS) is 13.8. The number of nitrogens with zero attached hydrogens (tertiary/aromatic N) is 1. The summed E-state index contributed by atoms with van der Waals surface area (Å²) in [4.78, 5) is 0. The Bertz CT molecular complexity index is 369. The maximum absolute atomic E-state index is 5.77. The average Bonchev–Trinajstić information content (AvgIpc) is 2.04. The van der Waals surface area contributed by atoms with Crippen LogP contribution >= 0.6 is 0 Å². The molecule has 1 heterocycles. The predicted octanol–water partition coefficient (Wildman–Crippen LogP) is 0.388. The molecule has 0 bridgehead atoms. The maximum Gasteiger partial charge on any atom is 0.114 e. The van der Waals surface area contributed by atoms with E-state index < -0.39 is 0 Å². The van der Waals surface area contributed by atoms with E-state index in [1.807, 2.05) is 18.2 Å². The highest BCUT2D eigenvalue weighted by Gasteiger charge is 2.09. The molecule has 3 heteroatoms. The van der Waals surface area contributed by atoms with Crippen LogP contribution in [0.15, 0.2) is 29.9 Å². The first-order valence-corrected chi connectivity index (χ1v) is 3.66. The molecule has 1 aliphatic rings. The van der Waals surface area contributed by atoms with Crippen molar-refractivity contribution in [3.63, 3.8) is 0 Å². The van der Waals surface area contributed by atoms with Crippen molar-refractivity contribution in [2.24, 2.45) is 5.10 Å². The number of rotatable bonds is 0. The monoisotopic (exact) mass is 154 g/mol. The number of hydrazone groups is 1. The smallest absolute Gasteiger partial charge is 0.114 e. The van der Waals surface area contributed by atoms with E-state index >= 15 is 0 Å². The van der Waals surface area contributed by atoms with Gasteiger partial charge in [-0.25, -0.2) is 0 Å². The fourth-order valence-electron chi connectivity index (χ4n) is 1.28. The molecule has 1 aromatic carbocycles. The topological polar surface area (TPSA) is 24.4 Å². The Labute approximate surface area is 72.4 Å². The molecule has 2 rings (SSSR count). The van der Waals surface area contributed by atoms with E-state index in [1.54, 1.807) is 6.21 Å². The van der Waals surface area contributed by atoms with E-state index in [9.17, 15) is 0 Å². The van der Waals surface area contributed by atoms with Crippen molar-refractivity contribution in [1.82, 2.24) is 5.43 Å². The third-order valence-corrected chi connectivity index (χ3v) is 1.83. The van der Waals surface area contributed by atoms with Crippen molar-refractivity contribution < 1.29 is 0 Å². The van der Waals surface area contributed by atoms with Crippen LogP contribution in [-0.2, 0) is 0 Å². The minimum atomic E-state index is 0.733. The molecule has 0 unspecified atom stereocenters. The van der Waals surface area contributed by atoms with E-state index in [4.69, 9.17) is 7.85 Å². The molecule has 0 atom stereocenters. The zero-order chi connectivity index (χ0) is 8.55. The molecule has 1 aliphatic heterocycles. The first kappa shape index (κ1) is 7.16. The number of fused-ring (bicyclic) bond motifs is 1. The van der Waals surface area contributed by atoms with E-state index in [2.05, 4.69) is 17.1 Å². The van der Waals surface area contributed by atoms with Crippen molar-refractivity contribution in [3.05, 3.63) is 35.9 Å². The standard InChI is InChI=1S/C9H7BN2/c1-6-9-7(5-11-12-6)3-2-4-8(9)10/h2-5,12H,1H2. The highest BCUT2D eigenvalue weighted by Crippen LogP contribution is 2.14. The third kappa shape index (κ3) is 0.943. The van der Waals surface area contributed by atoms with Gasteiger partial charge in [0.05, 0.1) is 11.9 Å². The van der Waals surface area contributed by atoms with Crippen molar-refractivity contribution in [3.8, 4) is 0 Å². The summed E-state index contributed by atoms with van der Waals surface area (Å²) in [5, 5.41) is 3.91. The van der Waals surface area contributed by atoms with Gasteiger partial charge in [-0.3, -0.25) is 5.43 Å². The van der Waals surface area contributed by atoms with Gasteiger partial charge < -0.3 is 0 Å². The number of hydrogen-bond donors (Lipinski definition) is 1. The van der Waals surface area contributed by atoms with Crippen LogP contribution in [-0.4, -0.2) is 14.1 Å². The Morgan fingerprint density at radius 1 is 1.42 bits per heavy atom. The zero-order valence-corrected chi connectivity index (χ0v) is 6.54. The third-order valence-electron chi connectivity index (χ3n) is 1.83. The number of hydrogen-bond acceptors (Lipinski definition) is 2. The minimum absolute atomic E-state index is 0.733. The summed E-state index contributed by atoms with van der Waals surface area (Å²) in [5.41, 5.74) is 6.23. The molecular formula is C9H7BN2. The Balaban J connectivity index is 2.70. The molecule has 56 valence electrons. The Hall–Kier alpha value is -1.51. The van der Waals surface area contributed by atoms with Gasteiger partial charge in [-0.2, -0.15) is 5.10 Å².